The van der Waals surface area contributed by atoms with E-state index in [1.54, 1.807) is 0 Å². The van der Waals surface area contributed by atoms with Crippen LogP contribution in [0.5, 0.6) is 0 Å². The van der Waals surface area contributed by atoms with Crippen LogP contribution < -0.4 is 0 Å². The van der Waals surface area contributed by atoms with E-state index in [-0.39, 0.29) is 0 Å². The van der Waals surface area contributed by atoms with Crippen molar-refractivity contribution < 1.29 is 0 Å². The molecule has 84 valence electrons. The molecule has 0 saturated heterocycles. The van der Waals surface area contributed by atoms with E-state index in [1.165, 1.54) is 25.1 Å². The van der Waals surface area contributed by atoms with E-state index in [0.29, 0.717) is 0 Å². The second-order valence-corrected chi connectivity index (χ2v) is 4.33. The van der Waals surface area contributed by atoms with Gasteiger partial charge in [0.25, 0.3) is 0 Å². The smallest absolute Gasteiger partial charge is 0.147 e. The summed E-state index contributed by atoms with van der Waals surface area (Å²) in [4.78, 5) is 2.27. The number of rotatable bonds is 3. The van der Waals surface area contributed by atoms with Crippen LogP contribution in [0.15, 0.2) is 0 Å². The fourth-order valence-corrected chi connectivity index (χ4v) is 2.02. The fourth-order valence-electron chi connectivity index (χ4n) is 2.02. The van der Waals surface area contributed by atoms with Crippen LogP contribution in [0, 0.1) is 0 Å². The molecule has 0 aromatic carbocycles. The van der Waals surface area contributed by atoms with Crippen LogP contribution in [0.25, 0.3) is 0 Å². The van der Waals surface area contributed by atoms with Gasteiger partial charge in [-0.3, -0.25) is 4.90 Å². The number of hydrogen-bond acceptors (Lipinski definition) is 3. The number of fused-ring (bicyclic) bond motifs is 1. The van der Waals surface area contributed by atoms with Crippen molar-refractivity contribution in [3.63, 3.8) is 0 Å². The van der Waals surface area contributed by atoms with Crippen molar-refractivity contribution >= 4 is 0 Å². The van der Waals surface area contributed by atoms with Crippen LogP contribution in [0.1, 0.15) is 37.8 Å². The SMILES string of the molecule is CCN(C)Cc1nnc2n1CCCCC2. The monoisotopic (exact) mass is 208 g/mol. The molecule has 0 aliphatic carbocycles. The number of aromatic nitrogens is 3. The van der Waals surface area contributed by atoms with E-state index in [9.17, 15) is 0 Å². The summed E-state index contributed by atoms with van der Waals surface area (Å²) in [7, 11) is 2.12. The number of hydrogen-bond donors (Lipinski definition) is 0. The van der Waals surface area contributed by atoms with E-state index in [2.05, 4.69) is 33.6 Å². The van der Waals surface area contributed by atoms with Gasteiger partial charge >= 0.3 is 0 Å². The number of aryl methyl sites for hydroxylation is 1. The van der Waals surface area contributed by atoms with Gasteiger partial charge in [0.15, 0.2) is 0 Å². The van der Waals surface area contributed by atoms with Gasteiger partial charge in [0.1, 0.15) is 11.6 Å². The molecule has 1 aromatic heterocycles. The first-order chi connectivity index (χ1) is 7.31. The van der Waals surface area contributed by atoms with Gasteiger partial charge in [-0.15, -0.1) is 10.2 Å². The normalized spacial score (nSPS) is 16.5. The molecule has 1 aliphatic heterocycles. The Balaban J connectivity index is 2.14. The first kappa shape index (κ1) is 10.6. The minimum atomic E-state index is 0.920. The van der Waals surface area contributed by atoms with Gasteiger partial charge in [-0.05, 0) is 26.4 Å². The van der Waals surface area contributed by atoms with Gasteiger partial charge in [0, 0.05) is 13.0 Å². The number of nitrogens with zero attached hydrogens (tertiary/aromatic N) is 4. The molecule has 2 rings (SSSR count). The van der Waals surface area contributed by atoms with E-state index in [1.807, 2.05) is 0 Å². The van der Waals surface area contributed by atoms with Crippen molar-refractivity contribution in [2.45, 2.75) is 45.7 Å². The molecule has 0 spiro atoms. The van der Waals surface area contributed by atoms with E-state index >= 15 is 0 Å². The van der Waals surface area contributed by atoms with E-state index in [4.69, 9.17) is 0 Å². The fraction of sp³-hybridized carbons (Fsp3) is 0.818. The summed E-state index contributed by atoms with van der Waals surface area (Å²) in [5, 5.41) is 8.59. The maximum atomic E-state index is 4.30. The summed E-state index contributed by atoms with van der Waals surface area (Å²) in [6.45, 7) is 5.25. The van der Waals surface area contributed by atoms with E-state index in [0.717, 1.165) is 31.9 Å². The van der Waals surface area contributed by atoms with Gasteiger partial charge in [0.2, 0.25) is 0 Å². The first-order valence-corrected chi connectivity index (χ1v) is 5.90. The highest BCUT2D eigenvalue weighted by Crippen LogP contribution is 2.14. The molecule has 4 nitrogen and oxygen atoms in total. The average molecular weight is 208 g/mol. The summed E-state index contributed by atoms with van der Waals surface area (Å²) < 4.78 is 2.32. The zero-order valence-electron chi connectivity index (χ0n) is 9.74. The third kappa shape index (κ3) is 2.37. The summed E-state index contributed by atoms with van der Waals surface area (Å²) in [5.74, 6) is 2.32. The maximum absolute atomic E-state index is 4.30. The van der Waals surface area contributed by atoms with Crippen molar-refractivity contribution in [3.8, 4) is 0 Å². The molecule has 1 aliphatic rings. The molecule has 0 N–H and O–H groups in total. The third-order valence-corrected chi connectivity index (χ3v) is 3.14. The van der Waals surface area contributed by atoms with Gasteiger partial charge in [-0.25, -0.2) is 0 Å². The molecule has 0 radical (unpaired) electrons. The van der Waals surface area contributed by atoms with Crippen molar-refractivity contribution in [2.24, 2.45) is 0 Å². The summed E-state index contributed by atoms with van der Waals surface area (Å²) >= 11 is 0. The maximum Gasteiger partial charge on any atom is 0.147 e. The molecule has 2 heterocycles. The zero-order valence-corrected chi connectivity index (χ0v) is 9.74. The lowest BCUT2D eigenvalue weighted by molar-refractivity contribution is 0.328. The van der Waals surface area contributed by atoms with Gasteiger partial charge in [-0.2, -0.15) is 0 Å². The predicted octanol–water partition coefficient (Wildman–Crippen LogP) is 1.46. The van der Waals surface area contributed by atoms with Crippen LogP contribution >= 0.6 is 0 Å². The molecule has 0 atom stereocenters. The lowest BCUT2D eigenvalue weighted by Crippen LogP contribution is -2.20. The molecule has 4 heteroatoms. The minimum absolute atomic E-state index is 0.920. The quantitative estimate of drug-likeness (QED) is 0.754. The highest BCUT2D eigenvalue weighted by molar-refractivity contribution is 4.97. The molecular formula is C11H20N4. The topological polar surface area (TPSA) is 34.0 Å². The Morgan fingerprint density at radius 2 is 2.13 bits per heavy atom. The third-order valence-electron chi connectivity index (χ3n) is 3.14. The largest absolute Gasteiger partial charge is 0.314 e. The molecule has 0 saturated carbocycles. The molecule has 0 fully saturated rings. The molecule has 1 aromatic rings. The van der Waals surface area contributed by atoms with Gasteiger partial charge in [0.05, 0.1) is 6.54 Å². The molecule has 0 amide bonds. The van der Waals surface area contributed by atoms with Crippen LogP contribution in [0.4, 0.5) is 0 Å². The Labute approximate surface area is 91.3 Å². The molecule has 15 heavy (non-hydrogen) atoms. The van der Waals surface area contributed by atoms with Crippen LogP contribution in [0.3, 0.4) is 0 Å². The van der Waals surface area contributed by atoms with Crippen molar-refractivity contribution in [1.29, 1.82) is 0 Å². The van der Waals surface area contributed by atoms with Crippen molar-refractivity contribution in [3.05, 3.63) is 11.6 Å². The Hall–Kier alpha value is -0.900. The van der Waals surface area contributed by atoms with Gasteiger partial charge in [-0.1, -0.05) is 13.3 Å². The zero-order chi connectivity index (χ0) is 10.7. The van der Waals surface area contributed by atoms with Crippen molar-refractivity contribution in [1.82, 2.24) is 19.7 Å². The summed E-state index contributed by atoms with van der Waals surface area (Å²) in [6, 6.07) is 0. The van der Waals surface area contributed by atoms with Crippen molar-refractivity contribution in [2.75, 3.05) is 13.6 Å². The summed E-state index contributed by atoms with van der Waals surface area (Å²) in [6.07, 6.45) is 4.96. The molecule has 0 unspecified atom stereocenters. The Bertz CT molecular complexity index is 318. The predicted molar refractivity (Wildman–Crippen MR) is 59.6 cm³/mol. The van der Waals surface area contributed by atoms with Crippen LogP contribution in [-0.4, -0.2) is 33.3 Å². The molecule has 0 bridgehead atoms. The highest BCUT2D eigenvalue weighted by Gasteiger charge is 2.14. The lowest BCUT2D eigenvalue weighted by Gasteiger charge is -2.14. The second-order valence-electron chi connectivity index (χ2n) is 4.33. The standard InChI is InChI=1S/C11H20N4/c1-3-14(2)9-11-13-12-10-7-5-4-6-8-15(10)11/h3-9H2,1-2H3. The minimum Gasteiger partial charge on any atom is -0.314 e. The highest BCUT2D eigenvalue weighted by atomic mass is 15.3. The summed E-state index contributed by atoms with van der Waals surface area (Å²) in [5.41, 5.74) is 0. The van der Waals surface area contributed by atoms with Gasteiger partial charge < -0.3 is 4.57 Å². The Morgan fingerprint density at radius 3 is 2.93 bits per heavy atom. The lowest BCUT2D eigenvalue weighted by atomic mass is 10.2. The van der Waals surface area contributed by atoms with Crippen LogP contribution in [0.2, 0.25) is 0 Å². The average Bonchev–Trinajstić information content (AvgIpc) is 2.50. The van der Waals surface area contributed by atoms with E-state index < -0.39 is 0 Å². The molecular weight excluding hydrogens is 188 g/mol. The van der Waals surface area contributed by atoms with Crippen LogP contribution in [-0.2, 0) is 19.5 Å². The Morgan fingerprint density at radius 1 is 1.27 bits per heavy atom. The first-order valence-electron chi connectivity index (χ1n) is 5.90. The second kappa shape index (κ2) is 4.75. The Kier molecular flexibility index (Phi) is 3.36.